The second kappa shape index (κ2) is 5.08. The molecule has 0 fully saturated rings. The van der Waals surface area contributed by atoms with Crippen molar-refractivity contribution < 1.29 is 0 Å². The summed E-state index contributed by atoms with van der Waals surface area (Å²) in [5.41, 5.74) is 2.01. The van der Waals surface area contributed by atoms with Crippen molar-refractivity contribution in [2.24, 2.45) is 0 Å². The van der Waals surface area contributed by atoms with Crippen molar-refractivity contribution in [3.05, 3.63) is 45.4 Å². The molecular formula is C14H10Cl2N2S. The van der Waals surface area contributed by atoms with E-state index in [4.69, 9.17) is 23.2 Å². The first-order valence-corrected chi connectivity index (χ1v) is 7.52. The van der Waals surface area contributed by atoms with Crippen LogP contribution >= 0.6 is 34.5 Å². The lowest BCUT2D eigenvalue weighted by Crippen LogP contribution is -1.92. The lowest BCUT2D eigenvalue weighted by molar-refractivity contribution is 1.14. The van der Waals surface area contributed by atoms with Gasteiger partial charge in [0.2, 0.25) is 0 Å². The van der Waals surface area contributed by atoms with Crippen LogP contribution in [0.4, 0.5) is 0 Å². The highest BCUT2D eigenvalue weighted by atomic mass is 35.5. The summed E-state index contributed by atoms with van der Waals surface area (Å²) < 4.78 is 0. The van der Waals surface area contributed by atoms with Gasteiger partial charge in [0.25, 0.3) is 0 Å². The van der Waals surface area contributed by atoms with E-state index in [1.807, 2.05) is 17.5 Å². The Labute approximate surface area is 125 Å². The Morgan fingerprint density at radius 1 is 1.16 bits per heavy atom. The Balaban J connectivity index is 2.27. The summed E-state index contributed by atoms with van der Waals surface area (Å²) in [7, 11) is 0. The van der Waals surface area contributed by atoms with Gasteiger partial charge >= 0.3 is 0 Å². The zero-order valence-electron chi connectivity index (χ0n) is 10.2. The number of nitrogens with zero attached hydrogens (tertiary/aromatic N) is 2. The van der Waals surface area contributed by atoms with Gasteiger partial charge in [-0.25, -0.2) is 9.97 Å². The van der Waals surface area contributed by atoms with Crippen LogP contribution in [-0.2, 0) is 6.42 Å². The monoisotopic (exact) mass is 308 g/mol. The van der Waals surface area contributed by atoms with Gasteiger partial charge in [-0.05, 0) is 35.6 Å². The van der Waals surface area contributed by atoms with Crippen molar-refractivity contribution in [3.8, 4) is 10.7 Å². The van der Waals surface area contributed by atoms with Crippen LogP contribution in [0.5, 0.6) is 0 Å². The van der Waals surface area contributed by atoms with E-state index in [9.17, 15) is 0 Å². The Hall–Kier alpha value is -1.16. The van der Waals surface area contributed by atoms with E-state index in [0.29, 0.717) is 21.4 Å². The normalized spacial score (nSPS) is 11.1. The average Bonchev–Trinajstić information content (AvgIpc) is 2.86. The minimum Gasteiger partial charge on any atom is -0.227 e. The molecular weight excluding hydrogens is 299 g/mol. The number of thiophene rings is 1. The molecule has 0 atom stereocenters. The van der Waals surface area contributed by atoms with Gasteiger partial charge in [-0.1, -0.05) is 36.2 Å². The molecule has 0 saturated heterocycles. The maximum absolute atomic E-state index is 6.25. The predicted molar refractivity (Wildman–Crippen MR) is 82.2 cm³/mol. The average molecular weight is 309 g/mol. The number of halogens is 2. The fourth-order valence-electron chi connectivity index (χ4n) is 2.01. The standard InChI is InChI=1S/C14H10Cl2N2S/c1-2-8-6-7-19-12(8)14-17-10-5-3-4-9(15)11(10)13(16)18-14/h3-7H,2H2,1H3. The third-order valence-electron chi connectivity index (χ3n) is 2.96. The van der Waals surface area contributed by atoms with Gasteiger partial charge in [-0.3, -0.25) is 0 Å². The highest BCUT2D eigenvalue weighted by molar-refractivity contribution is 7.13. The zero-order valence-corrected chi connectivity index (χ0v) is 12.5. The van der Waals surface area contributed by atoms with E-state index in [1.54, 1.807) is 17.4 Å². The van der Waals surface area contributed by atoms with Crippen molar-refractivity contribution in [2.75, 3.05) is 0 Å². The van der Waals surface area contributed by atoms with E-state index < -0.39 is 0 Å². The van der Waals surface area contributed by atoms with Crippen LogP contribution in [0, 0.1) is 0 Å². The van der Waals surface area contributed by atoms with Crippen molar-refractivity contribution in [2.45, 2.75) is 13.3 Å². The molecule has 96 valence electrons. The molecule has 0 amide bonds. The van der Waals surface area contributed by atoms with Crippen molar-refractivity contribution in [3.63, 3.8) is 0 Å². The third kappa shape index (κ3) is 2.22. The summed E-state index contributed by atoms with van der Waals surface area (Å²) in [6.07, 6.45) is 0.952. The quantitative estimate of drug-likeness (QED) is 0.606. The van der Waals surface area contributed by atoms with Gasteiger partial charge in [-0.2, -0.15) is 0 Å². The molecule has 0 radical (unpaired) electrons. The summed E-state index contributed by atoms with van der Waals surface area (Å²) in [6.45, 7) is 2.12. The van der Waals surface area contributed by atoms with Crippen LogP contribution in [0.25, 0.3) is 21.6 Å². The van der Waals surface area contributed by atoms with Crippen LogP contribution in [-0.4, -0.2) is 9.97 Å². The highest BCUT2D eigenvalue weighted by Crippen LogP contribution is 2.33. The first-order chi connectivity index (χ1) is 9.20. The van der Waals surface area contributed by atoms with Crippen molar-refractivity contribution in [1.29, 1.82) is 0 Å². The molecule has 0 aliphatic heterocycles. The summed E-state index contributed by atoms with van der Waals surface area (Å²) in [5.74, 6) is 0.673. The van der Waals surface area contributed by atoms with Crippen LogP contribution in [0.15, 0.2) is 29.6 Å². The lowest BCUT2D eigenvalue weighted by Gasteiger charge is -2.05. The molecule has 0 spiro atoms. The summed E-state index contributed by atoms with van der Waals surface area (Å²) in [5, 5.41) is 3.74. The molecule has 0 saturated carbocycles. The fraction of sp³-hybridized carbons (Fsp3) is 0.143. The summed E-state index contributed by atoms with van der Waals surface area (Å²) in [6, 6.07) is 7.66. The van der Waals surface area contributed by atoms with E-state index in [1.165, 1.54) is 5.56 Å². The van der Waals surface area contributed by atoms with Crippen LogP contribution in [0.3, 0.4) is 0 Å². The maximum atomic E-state index is 6.25. The molecule has 2 nitrogen and oxygen atoms in total. The Bertz CT molecular complexity index is 752. The number of rotatable bonds is 2. The number of aromatic nitrogens is 2. The first kappa shape index (κ1) is 12.9. The Kier molecular flexibility index (Phi) is 3.44. The number of fused-ring (bicyclic) bond motifs is 1. The fourth-order valence-corrected chi connectivity index (χ4v) is 3.52. The molecule has 0 aliphatic rings. The highest BCUT2D eigenvalue weighted by Gasteiger charge is 2.13. The molecule has 2 heterocycles. The van der Waals surface area contributed by atoms with Gasteiger partial charge in [0.1, 0.15) is 5.15 Å². The molecule has 0 N–H and O–H groups in total. The summed E-state index contributed by atoms with van der Waals surface area (Å²) >= 11 is 14.0. The lowest BCUT2D eigenvalue weighted by atomic mass is 10.2. The largest absolute Gasteiger partial charge is 0.227 e. The molecule has 1 aromatic carbocycles. The number of aryl methyl sites for hydroxylation is 1. The minimum atomic E-state index is 0.404. The van der Waals surface area contributed by atoms with E-state index in [2.05, 4.69) is 23.0 Å². The van der Waals surface area contributed by atoms with Crippen LogP contribution < -0.4 is 0 Å². The van der Waals surface area contributed by atoms with Gasteiger partial charge in [-0.15, -0.1) is 11.3 Å². The number of hydrogen-bond acceptors (Lipinski definition) is 3. The maximum Gasteiger partial charge on any atom is 0.171 e. The minimum absolute atomic E-state index is 0.404. The molecule has 3 aromatic rings. The predicted octanol–water partition coefficient (Wildman–Crippen LogP) is 5.23. The van der Waals surface area contributed by atoms with E-state index in [-0.39, 0.29) is 0 Å². The third-order valence-corrected chi connectivity index (χ3v) is 4.50. The molecule has 5 heteroatoms. The molecule has 0 bridgehead atoms. The molecule has 19 heavy (non-hydrogen) atoms. The zero-order chi connectivity index (χ0) is 13.4. The molecule has 2 aromatic heterocycles. The van der Waals surface area contributed by atoms with Crippen LogP contribution in [0.1, 0.15) is 12.5 Å². The van der Waals surface area contributed by atoms with Crippen molar-refractivity contribution >= 4 is 45.4 Å². The van der Waals surface area contributed by atoms with E-state index >= 15 is 0 Å². The van der Waals surface area contributed by atoms with Crippen LogP contribution in [0.2, 0.25) is 10.2 Å². The SMILES string of the molecule is CCc1ccsc1-c1nc(Cl)c2c(Cl)cccc2n1. The first-order valence-electron chi connectivity index (χ1n) is 5.89. The Morgan fingerprint density at radius 2 is 2.00 bits per heavy atom. The second-order valence-corrected chi connectivity index (χ2v) is 5.78. The second-order valence-electron chi connectivity index (χ2n) is 4.10. The van der Waals surface area contributed by atoms with Gasteiger partial charge < -0.3 is 0 Å². The van der Waals surface area contributed by atoms with Gasteiger partial charge in [0.15, 0.2) is 5.82 Å². The number of hydrogen-bond donors (Lipinski definition) is 0. The van der Waals surface area contributed by atoms with Crippen molar-refractivity contribution in [1.82, 2.24) is 9.97 Å². The topological polar surface area (TPSA) is 25.8 Å². The molecule has 0 aliphatic carbocycles. The number of benzene rings is 1. The smallest absolute Gasteiger partial charge is 0.171 e. The molecule has 0 unspecified atom stereocenters. The van der Waals surface area contributed by atoms with Gasteiger partial charge in [0.05, 0.1) is 20.8 Å². The summed E-state index contributed by atoms with van der Waals surface area (Å²) in [4.78, 5) is 10.0. The van der Waals surface area contributed by atoms with Gasteiger partial charge in [0, 0.05) is 0 Å². The van der Waals surface area contributed by atoms with E-state index in [0.717, 1.165) is 16.8 Å². The molecule has 3 rings (SSSR count). The Morgan fingerprint density at radius 3 is 2.79 bits per heavy atom.